The number of hydrogen-bond donors (Lipinski definition) is 2. The Morgan fingerprint density at radius 2 is 0.562 bits per heavy atom. The third-order valence-corrected chi connectivity index (χ3v) is 6.99. The standard InChI is InChI=1S/C30H54O2/c1-5-9-13-17-21-25-26(22-18-14-10-6-2)30(32)28(24-20-16-12-8-4)27(29(25)31)23-19-15-11-7-3/h31-32H,5-24H2,1-4H3. The molecule has 0 atom stereocenters. The van der Waals surface area contributed by atoms with Crippen molar-refractivity contribution in [2.75, 3.05) is 0 Å². The zero-order chi connectivity index (χ0) is 23.6. The van der Waals surface area contributed by atoms with Gasteiger partial charge < -0.3 is 10.2 Å². The van der Waals surface area contributed by atoms with E-state index in [0.717, 1.165) is 73.6 Å². The van der Waals surface area contributed by atoms with Crippen molar-refractivity contribution in [1.29, 1.82) is 0 Å². The monoisotopic (exact) mass is 446 g/mol. The summed E-state index contributed by atoms with van der Waals surface area (Å²) in [5.74, 6) is 1.07. The summed E-state index contributed by atoms with van der Waals surface area (Å²) in [6.07, 6.45) is 22.7. The zero-order valence-electron chi connectivity index (χ0n) is 22.0. The fourth-order valence-electron chi connectivity index (χ4n) is 4.93. The van der Waals surface area contributed by atoms with Crippen molar-refractivity contribution in [1.82, 2.24) is 0 Å². The van der Waals surface area contributed by atoms with Crippen LogP contribution in [0.5, 0.6) is 11.5 Å². The van der Waals surface area contributed by atoms with Crippen LogP contribution < -0.4 is 0 Å². The van der Waals surface area contributed by atoms with Gasteiger partial charge in [0.2, 0.25) is 0 Å². The summed E-state index contributed by atoms with van der Waals surface area (Å²) in [4.78, 5) is 0. The molecule has 1 aromatic rings. The quantitative estimate of drug-likeness (QED) is 0.155. The summed E-state index contributed by atoms with van der Waals surface area (Å²) < 4.78 is 0. The highest BCUT2D eigenvalue weighted by Crippen LogP contribution is 2.41. The van der Waals surface area contributed by atoms with E-state index in [1.165, 1.54) is 77.0 Å². The van der Waals surface area contributed by atoms with Gasteiger partial charge in [0, 0.05) is 22.3 Å². The number of rotatable bonds is 20. The second-order valence-corrected chi connectivity index (χ2v) is 9.85. The lowest BCUT2D eigenvalue weighted by Gasteiger charge is -2.22. The number of unbranched alkanes of at least 4 members (excludes halogenated alkanes) is 12. The Bertz CT molecular complexity index is 503. The molecule has 2 nitrogen and oxygen atoms in total. The van der Waals surface area contributed by atoms with E-state index < -0.39 is 0 Å². The predicted molar refractivity (Wildman–Crippen MR) is 141 cm³/mol. The normalized spacial score (nSPS) is 11.4. The molecule has 0 bridgehead atoms. The molecule has 0 saturated heterocycles. The van der Waals surface area contributed by atoms with Crippen molar-refractivity contribution in [3.05, 3.63) is 22.3 Å². The average molecular weight is 447 g/mol. The van der Waals surface area contributed by atoms with Crippen LogP contribution in [-0.2, 0) is 25.7 Å². The van der Waals surface area contributed by atoms with Gasteiger partial charge in [0.25, 0.3) is 0 Å². The molecule has 0 aromatic heterocycles. The molecule has 0 heterocycles. The van der Waals surface area contributed by atoms with E-state index in [2.05, 4.69) is 27.7 Å². The molecule has 0 fully saturated rings. The minimum atomic E-state index is 0.534. The van der Waals surface area contributed by atoms with Crippen LogP contribution in [0.1, 0.15) is 153 Å². The summed E-state index contributed by atoms with van der Waals surface area (Å²) in [7, 11) is 0. The summed E-state index contributed by atoms with van der Waals surface area (Å²) in [6.45, 7) is 8.96. The largest absolute Gasteiger partial charge is 0.507 e. The number of phenols is 2. The molecule has 186 valence electrons. The van der Waals surface area contributed by atoms with Crippen LogP contribution in [0.4, 0.5) is 0 Å². The Morgan fingerprint density at radius 1 is 0.344 bits per heavy atom. The second kappa shape index (κ2) is 18.3. The highest BCUT2D eigenvalue weighted by atomic mass is 16.3. The van der Waals surface area contributed by atoms with E-state index in [4.69, 9.17) is 0 Å². The first-order valence-corrected chi connectivity index (χ1v) is 14.2. The zero-order valence-corrected chi connectivity index (χ0v) is 22.0. The van der Waals surface area contributed by atoms with Gasteiger partial charge in [-0.3, -0.25) is 0 Å². The summed E-state index contributed by atoms with van der Waals surface area (Å²) >= 11 is 0. The second-order valence-electron chi connectivity index (χ2n) is 9.85. The summed E-state index contributed by atoms with van der Waals surface area (Å²) in [5.41, 5.74) is 4.27. The van der Waals surface area contributed by atoms with Gasteiger partial charge >= 0.3 is 0 Å². The molecule has 2 N–H and O–H groups in total. The molecular weight excluding hydrogens is 392 g/mol. The SMILES string of the molecule is CCCCCCc1c(O)c(CCCCCC)c(CCCCCC)c(O)c1CCCCCC. The highest BCUT2D eigenvalue weighted by molar-refractivity contribution is 5.58. The molecule has 0 amide bonds. The maximum absolute atomic E-state index is 11.5. The molecule has 1 rings (SSSR count). The third kappa shape index (κ3) is 10.2. The minimum absolute atomic E-state index is 0.534. The fourth-order valence-corrected chi connectivity index (χ4v) is 4.93. The Morgan fingerprint density at radius 3 is 0.750 bits per heavy atom. The number of benzene rings is 1. The van der Waals surface area contributed by atoms with Crippen LogP contribution in [0.25, 0.3) is 0 Å². The Labute approximate surface area is 200 Å². The molecule has 1 aromatic carbocycles. The molecule has 0 aliphatic heterocycles. The molecule has 2 heteroatoms. The lowest BCUT2D eigenvalue weighted by Crippen LogP contribution is -2.06. The van der Waals surface area contributed by atoms with Crippen LogP contribution >= 0.6 is 0 Å². The average Bonchev–Trinajstić information content (AvgIpc) is 2.79. The van der Waals surface area contributed by atoms with E-state index in [0.29, 0.717) is 11.5 Å². The number of phenolic OH excluding ortho intramolecular Hbond substituents is 2. The van der Waals surface area contributed by atoms with Crippen LogP contribution in [0, 0.1) is 0 Å². The van der Waals surface area contributed by atoms with E-state index in [9.17, 15) is 10.2 Å². The van der Waals surface area contributed by atoms with Gasteiger partial charge in [0.1, 0.15) is 11.5 Å². The van der Waals surface area contributed by atoms with Crippen molar-refractivity contribution < 1.29 is 10.2 Å². The maximum Gasteiger partial charge on any atom is 0.122 e. The van der Waals surface area contributed by atoms with Gasteiger partial charge in [-0.15, -0.1) is 0 Å². The van der Waals surface area contributed by atoms with Gasteiger partial charge in [-0.1, -0.05) is 105 Å². The van der Waals surface area contributed by atoms with Crippen LogP contribution in [0.15, 0.2) is 0 Å². The van der Waals surface area contributed by atoms with E-state index in [1.807, 2.05) is 0 Å². The highest BCUT2D eigenvalue weighted by Gasteiger charge is 2.22. The first kappa shape index (κ1) is 28.9. The molecular formula is C30H54O2. The van der Waals surface area contributed by atoms with Gasteiger partial charge in [-0.05, 0) is 51.4 Å². The molecule has 0 aliphatic rings. The molecule has 0 aliphatic carbocycles. The first-order valence-electron chi connectivity index (χ1n) is 14.2. The van der Waals surface area contributed by atoms with Gasteiger partial charge in [0.05, 0.1) is 0 Å². The fraction of sp³-hybridized carbons (Fsp3) is 0.800. The van der Waals surface area contributed by atoms with Crippen LogP contribution in [0.2, 0.25) is 0 Å². The molecule has 0 radical (unpaired) electrons. The number of aromatic hydroxyl groups is 2. The topological polar surface area (TPSA) is 40.5 Å². The van der Waals surface area contributed by atoms with E-state index >= 15 is 0 Å². The van der Waals surface area contributed by atoms with Crippen LogP contribution in [-0.4, -0.2) is 10.2 Å². The van der Waals surface area contributed by atoms with Crippen molar-refractivity contribution in [3.63, 3.8) is 0 Å². The number of hydrogen-bond acceptors (Lipinski definition) is 2. The molecule has 32 heavy (non-hydrogen) atoms. The van der Waals surface area contributed by atoms with E-state index in [-0.39, 0.29) is 0 Å². The Balaban J connectivity index is 3.23. The third-order valence-electron chi connectivity index (χ3n) is 6.99. The predicted octanol–water partition coefficient (Wildman–Crippen LogP) is 9.59. The van der Waals surface area contributed by atoms with Crippen molar-refractivity contribution >= 4 is 0 Å². The van der Waals surface area contributed by atoms with Gasteiger partial charge in [-0.25, -0.2) is 0 Å². The smallest absolute Gasteiger partial charge is 0.122 e. The summed E-state index contributed by atoms with van der Waals surface area (Å²) in [5, 5.41) is 23.0. The Kier molecular flexibility index (Phi) is 16.5. The lowest BCUT2D eigenvalue weighted by atomic mass is 9.86. The van der Waals surface area contributed by atoms with Gasteiger partial charge in [0.15, 0.2) is 0 Å². The molecule has 0 spiro atoms. The maximum atomic E-state index is 11.5. The van der Waals surface area contributed by atoms with Crippen LogP contribution in [0.3, 0.4) is 0 Å². The Hall–Kier alpha value is -1.18. The first-order chi connectivity index (χ1) is 15.6. The van der Waals surface area contributed by atoms with Gasteiger partial charge in [-0.2, -0.15) is 0 Å². The van der Waals surface area contributed by atoms with Crippen molar-refractivity contribution in [2.45, 2.75) is 156 Å². The van der Waals surface area contributed by atoms with Crippen molar-refractivity contribution in [3.8, 4) is 11.5 Å². The molecule has 0 unspecified atom stereocenters. The van der Waals surface area contributed by atoms with E-state index in [1.54, 1.807) is 0 Å². The summed E-state index contributed by atoms with van der Waals surface area (Å²) in [6, 6.07) is 0. The lowest BCUT2D eigenvalue weighted by molar-refractivity contribution is 0.430. The minimum Gasteiger partial charge on any atom is -0.507 e. The molecule has 0 saturated carbocycles. The van der Waals surface area contributed by atoms with Crippen molar-refractivity contribution in [2.24, 2.45) is 0 Å².